The number of carbonyl (C=O) groups excluding carboxylic acids is 1. The van der Waals surface area contributed by atoms with Crippen LogP contribution in [0.4, 0.5) is 0 Å². The first kappa shape index (κ1) is 21.7. The van der Waals surface area contributed by atoms with E-state index in [0.717, 1.165) is 6.42 Å². The van der Waals surface area contributed by atoms with Crippen molar-refractivity contribution in [2.75, 3.05) is 0 Å². The molecule has 0 atom stereocenters. The van der Waals surface area contributed by atoms with Gasteiger partial charge in [-0.2, -0.15) is 0 Å². The number of Topliss-reactive ketones (excluding diaryl/α,β-unsaturated/α-hetero) is 1. The van der Waals surface area contributed by atoms with Crippen LogP contribution in [0.25, 0.3) is 0 Å². The molecule has 0 saturated heterocycles. The predicted octanol–water partition coefficient (Wildman–Crippen LogP) is 6.90. The maximum Gasteiger partial charge on any atom is 0.135 e. The zero-order valence-corrected chi connectivity index (χ0v) is 17.5. The molecule has 0 aliphatic rings. The van der Waals surface area contributed by atoms with E-state index < -0.39 is 0 Å². The molecule has 0 spiro atoms. The fraction of sp³-hybridized carbons (Fsp3) is 0.952. The van der Waals surface area contributed by atoms with Gasteiger partial charge in [0.05, 0.1) is 0 Å². The van der Waals surface area contributed by atoms with Crippen molar-refractivity contribution in [2.24, 2.45) is 27.1 Å². The molecule has 0 rings (SSSR count). The van der Waals surface area contributed by atoms with Crippen LogP contribution in [0.3, 0.4) is 0 Å². The number of rotatable bonds is 7. The standard InChI is InChI=1S/C21H42O/c1-16(22)21(11,12)20(9,10)15-19(7,8)18(5,6)14-13-17(2,3)4/h13-15H2,1-12H3. The average Bonchev–Trinajstić information content (AvgIpc) is 2.23. The predicted molar refractivity (Wildman–Crippen MR) is 99.1 cm³/mol. The molecular formula is C21H42O. The van der Waals surface area contributed by atoms with E-state index in [1.165, 1.54) is 12.8 Å². The monoisotopic (exact) mass is 310 g/mol. The lowest BCUT2D eigenvalue weighted by Crippen LogP contribution is -2.45. The van der Waals surface area contributed by atoms with E-state index in [-0.39, 0.29) is 21.7 Å². The third-order valence-corrected chi connectivity index (χ3v) is 6.79. The summed E-state index contributed by atoms with van der Waals surface area (Å²) >= 11 is 0. The second-order valence-electron chi connectivity index (χ2n) is 11.1. The van der Waals surface area contributed by atoms with E-state index in [1.54, 1.807) is 6.92 Å². The number of hydrogen-bond acceptors (Lipinski definition) is 1. The van der Waals surface area contributed by atoms with Gasteiger partial charge in [0, 0.05) is 5.41 Å². The van der Waals surface area contributed by atoms with Crippen molar-refractivity contribution in [1.29, 1.82) is 0 Å². The molecule has 0 aromatic heterocycles. The highest BCUT2D eigenvalue weighted by molar-refractivity contribution is 5.82. The smallest absolute Gasteiger partial charge is 0.135 e. The Labute approximate surface area is 140 Å². The summed E-state index contributed by atoms with van der Waals surface area (Å²) in [5, 5.41) is 0. The topological polar surface area (TPSA) is 17.1 Å². The second-order valence-corrected chi connectivity index (χ2v) is 11.1. The number of hydrogen-bond donors (Lipinski definition) is 0. The van der Waals surface area contributed by atoms with Gasteiger partial charge < -0.3 is 0 Å². The normalized spacial score (nSPS) is 15.1. The highest BCUT2D eigenvalue weighted by Gasteiger charge is 2.47. The lowest BCUT2D eigenvalue weighted by Gasteiger charge is -2.51. The van der Waals surface area contributed by atoms with Gasteiger partial charge >= 0.3 is 0 Å². The molecule has 1 heteroatoms. The molecule has 0 aromatic rings. The van der Waals surface area contributed by atoms with Crippen molar-refractivity contribution in [3.63, 3.8) is 0 Å². The lowest BCUT2D eigenvalue weighted by atomic mass is 9.53. The van der Waals surface area contributed by atoms with Gasteiger partial charge in [-0.25, -0.2) is 0 Å². The highest BCUT2D eigenvalue weighted by atomic mass is 16.1. The van der Waals surface area contributed by atoms with Crippen LogP contribution in [-0.2, 0) is 4.79 Å². The first-order valence-electron chi connectivity index (χ1n) is 8.87. The van der Waals surface area contributed by atoms with Crippen molar-refractivity contribution in [1.82, 2.24) is 0 Å². The van der Waals surface area contributed by atoms with Gasteiger partial charge in [0.1, 0.15) is 5.78 Å². The Morgan fingerprint density at radius 1 is 0.636 bits per heavy atom. The van der Waals surface area contributed by atoms with E-state index in [2.05, 4.69) is 76.2 Å². The Morgan fingerprint density at radius 3 is 1.36 bits per heavy atom. The molecular weight excluding hydrogens is 268 g/mol. The minimum atomic E-state index is -0.287. The Hall–Kier alpha value is -0.330. The maximum atomic E-state index is 12.1. The molecule has 0 heterocycles. The molecule has 132 valence electrons. The third kappa shape index (κ3) is 5.10. The molecule has 0 aliphatic heterocycles. The first-order chi connectivity index (χ1) is 9.36. The lowest BCUT2D eigenvalue weighted by molar-refractivity contribution is -0.133. The first-order valence-corrected chi connectivity index (χ1v) is 8.87. The van der Waals surface area contributed by atoms with Gasteiger partial charge in [0.2, 0.25) is 0 Å². The quantitative estimate of drug-likeness (QED) is 0.500. The number of carbonyl (C=O) groups is 1. The minimum Gasteiger partial charge on any atom is -0.299 e. The van der Waals surface area contributed by atoms with E-state index in [4.69, 9.17) is 0 Å². The summed E-state index contributed by atoms with van der Waals surface area (Å²) in [4.78, 5) is 12.1. The molecule has 0 radical (unpaired) electrons. The summed E-state index contributed by atoms with van der Waals surface area (Å²) in [5.74, 6) is 0.292. The van der Waals surface area contributed by atoms with Gasteiger partial charge in [-0.3, -0.25) is 4.79 Å². The van der Waals surface area contributed by atoms with Crippen LogP contribution in [0.15, 0.2) is 0 Å². The minimum absolute atomic E-state index is 0.0126. The van der Waals surface area contributed by atoms with Crippen LogP contribution in [0.5, 0.6) is 0 Å². The van der Waals surface area contributed by atoms with Crippen molar-refractivity contribution >= 4 is 5.78 Å². The summed E-state index contributed by atoms with van der Waals surface area (Å²) in [6.07, 6.45) is 3.52. The zero-order chi connectivity index (χ0) is 18.2. The molecule has 0 aliphatic carbocycles. The Morgan fingerprint density at radius 2 is 1.05 bits per heavy atom. The van der Waals surface area contributed by atoms with Gasteiger partial charge in [-0.1, -0.05) is 76.2 Å². The summed E-state index contributed by atoms with van der Waals surface area (Å²) in [6.45, 7) is 27.0. The summed E-state index contributed by atoms with van der Waals surface area (Å²) in [6, 6.07) is 0. The Bertz CT molecular complexity index is 389. The molecule has 0 unspecified atom stereocenters. The van der Waals surface area contributed by atoms with Crippen molar-refractivity contribution in [3.8, 4) is 0 Å². The van der Waals surface area contributed by atoms with Crippen LogP contribution < -0.4 is 0 Å². The summed E-state index contributed by atoms with van der Waals surface area (Å²) < 4.78 is 0. The third-order valence-electron chi connectivity index (χ3n) is 6.79. The van der Waals surface area contributed by atoms with E-state index >= 15 is 0 Å². The van der Waals surface area contributed by atoms with E-state index in [9.17, 15) is 4.79 Å². The Kier molecular flexibility index (Phi) is 6.19. The molecule has 22 heavy (non-hydrogen) atoms. The molecule has 0 fully saturated rings. The molecule has 0 N–H and O–H groups in total. The van der Waals surface area contributed by atoms with Crippen LogP contribution in [0.1, 0.15) is 102 Å². The second kappa shape index (κ2) is 6.29. The van der Waals surface area contributed by atoms with Crippen molar-refractivity contribution in [2.45, 2.75) is 102 Å². The van der Waals surface area contributed by atoms with Crippen LogP contribution in [-0.4, -0.2) is 5.78 Å². The Balaban J connectivity index is 5.27. The van der Waals surface area contributed by atoms with Gasteiger partial charge in [-0.05, 0) is 47.8 Å². The fourth-order valence-corrected chi connectivity index (χ4v) is 3.07. The molecule has 0 bridgehead atoms. The zero-order valence-electron chi connectivity index (χ0n) is 17.5. The van der Waals surface area contributed by atoms with Crippen molar-refractivity contribution < 1.29 is 4.79 Å². The summed E-state index contributed by atoms with van der Waals surface area (Å²) in [7, 11) is 0. The molecule has 0 amide bonds. The van der Waals surface area contributed by atoms with Crippen LogP contribution in [0, 0.1) is 27.1 Å². The van der Waals surface area contributed by atoms with Crippen molar-refractivity contribution in [3.05, 3.63) is 0 Å². The number of ketones is 1. The van der Waals surface area contributed by atoms with Gasteiger partial charge in [0.15, 0.2) is 0 Å². The summed E-state index contributed by atoms with van der Waals surface area (Å²) in [5.41, 5.74) is 0.520. The maximum absolute atomic E-state index is 12.1. The van der Waals surface area contributed by atoms with Crippen LogP contribution in [0.2, 0.25) is 0 Å². The largest absolute Gasteiger partial charge is 0.299 e. The highest BCUT2D eigenvalue weighted by Crippen LogP contribution is 2.54. The molecule has 0 aromatic carbocycles. The van der Waals surface area contributed by atoms with Gasteiger partial charge in [0.25, 0.3) is 0 Å². The molecule has 0 saturated carbocycles. The SMILES string of the molecule is CC(=O)C(C)(C)C(C)(C)CC(C)(C)C(C)(C)CCC(C)(C)C. The average molecular weight is 311 g/mol. The molecule has 1 nitrogen and oxygen atoms in total. The van der Waals surface area contributed by atoms with Crippen LogP contribution >= 0.6 is 0 Å². The van der Waals surface area contributed by atoms with E-state index in [1.807, 2.05) is 0 Å². The van der Waals surface area contributed by atoms with Gasteiger partial charge in [-0.15, -0.1) is 0 Å². The van der Waals surface area contributed by atoms with E-state index in [0.29, 0.717) is 11.2 Å². The fourth-order valence-electron chi connectivity index (χ4n) is 3.07.